The zero-order valence-electron chi connectivity index (χ0n) is 13.9. The van der Waals surface area contributed by atoms with Crippen molar-refractivity contribution in [1.82, 2.24) is 5.32 Å². The van der Waals surface area contributed by atoms with E-state index in [1.807, 2.05) is 23.9 Å². The third-order valence-corrected chi connectivity index (χ3v) is 8.71. The van der Waals surface area contributed by atoms with Gasteiger partial charge in [0.2, 0.25) is 0 Å². The van der Waals surface area contributed by atoms with Crippen molar-refractivity contribution in [2.75, 3.05) is 11.5 Å². The van der Waals surface area contributed by atoms with Crippen LogP contribution in [0.1, 0.15) is 42.7 Å². The van der Waals surface area contributed by atoms with Crippen molar-refractivity contribution in [2.45, 2.75) is 42.9 Å². The molecule has 25 heavy (non-hydrogen) atoms. The summed E-state index contributed by atoms with van der Waals surface area (Å²) in [6.07, 6.45) is 4.20. The number of hydrogen-bond acceptors (Lipinski definition) is 5. The Bertz CT molecular complexity index is 856. The minimum atomic E-state index is -2.67. The number of carbonyl (C=O) groups excluding carboxylic acids is 1. The Hall–Kier alpha value is -1.21. The summed E-state index contributed by atoms with van der Waals surface area (Å²) in [4.78, 5) is 14.7. The number of carbonyl (C=O) groups is 1. The van der Waals surface area contributed by atoms with Crippen LogP contribution in [-0.4, -0.2) is 26.4 Å². The van der Waals surface area contributed by atoms with Gasteiger partial charge in [0.15, 0.2) is 5.78 Å². The van der Waals surface area contributed by atoms with E-state index >= 15 is 0 Å². The molecule has 1 aromatic rings. The second kappa shape index (κ2) is 5.64. The molecule has 0 saturated carbocycles. The van der Waals surface area contributed by atoms with Crippen LogP contribution in [0, 0.1) is 0 Å². The van der Waals surface area contributed by atoms with Crippen molar-refractivity contribution in [3.63, 3.8) is 0 Å². The first-order valence-electron chi connectivity index (χ1n) is 8.82. The van der Waals surface area contributed by atoms with Crippen LogP contribution < -0.4 is 5.32 Å². The molecule has 4 aliphatic rings. The van der Waals surface area contributed by atoms with Gasteiger partial charge in [-0.15, -0.1) is 11.8 Å². The van der Waals surface area contributed by atoms with E-state index in [1.165, 1.54) is 10.6 Å². The lowest BCUT2D eigenvalue weighted by Gasteiger charge is -2.34. The van der Waals surface area contributed by atoms with Gasteiger partial charge < -0.3 is 5.32 Å². The number of ketones is 1. The molecule has 0 radical (unpaired) electrons. The summed E-state index contributed by atoms with van der Waals surface area (Å²) in [5.41, 5.74) is 5.33. The van der Waals surface area contributed by atoms with E-state index in [-0.39, 0.29) is 11.7 Å². The molecule has 1 aliphatic carbocycles. The van der Waals surface area contributed by atoms with E-state index in [4.69, 9.17) is 0 Å². The molecule has 1 atom stereocenters. The second-order valence-corrected chi connectivity index (χ2v) is 10.5. The van der Waals surface area contributed by atoms with Crippen LogP contribution in [0.3, 0.4) is 0 Å². The summed E-state index contributed by atoms with van der Waals surface area (Å²) >= 11 is 1.83. The molecule has 6 heteroatoms. The molecule has 132 valence electrons. The van der Waals surface area contributed by atoms with Gasteiger partial charge in [-0.25, -0.2) is 0 Å². The molecule has 3 aliphatic heterocycles. The number of Topliss-reactive ketones (excluding diaryl/α,β-unsaturated/α-hetero) is 1. The van der Waals surface area contributed by atoms with Gasteiger partial charge >= 0.3 is 0 Å². The van der Waals surface area contributed by atoms with Crippen molar-refractivity contribution in [2.24, 2.45) is 0 Å². The van der Waals surface area contributed by atoms with Crippen LogP contribution in [0.5, 0.6) is 0 Å². The summed E-state index contributed by atoms with van der Waals surface area (Å²) in [6, 6.07) is 6.08. The molecule has 1 unspecified atom stereocenters. The highest BCUT2D eigenvalue weighted by Gasteiger charge is 2.39. The highest BCUT2D eigenvalue weighted by Crippen LogP contribution is 2.57. The lowest BCUT2D eigenvalue weighted by molar-refractivity contribution is -0.116. The minimum absolute atomic E-state index is 0.0346. The normalized spacial score (nSPS) is 28.4. The summed E-state index contributed by atoms with van der Waals surface area (Å²) in [5.74, 6) is 1.67. The maximum absolute atomic E-state index is 12.7. The number of benzene rings is 1. The zero-order chi connectivity index (χ0) is 17.2. The lowest BCUT2D eigenvalue weighted by Crippen LogP contribution is -2.30. The van der Waals surface area contributed by atoms with Gasteiger partial charge in [0.05, 0.1) is 4.90 Å². The van der Waals surface area contributed by atoms with Gasteiger partial charge in [0.25, 0.3) is 0 Å². The monoisotopic (exact) mass is 375 g/mol. The third-order valence-electron chi connectivity index (χ3n) is 5.65. The van der Waals surface area contributed by atoms with Crippen molar-refractivity contribution in [3.05, 3.63) is 51.2 Å². The summed E-state index contributed by atoms with van der Waals surface area (Å²) < 4.78 is 20.7. The summed E-state index contributed by atoms with van der Waals surface area (Å²) in [7, 11) is -2.67. The van der Waals surface area contributed by atoms with Crippen molar-refractivity contribution in [3.8, 4) is 0 Å². The molecule has 0 fully saturated rings. The van der Waals surface area contributed by atoms with Gasteiger partial charge in [-0.3, -0.25) is 13.9 Å². The largest absolute Gasteiger partial charge is 0.361 e. The van der Waals surface area contributed by atoms with E-state index in [0.717, 1.165) is 53.8 Å². The number of fused-ring (bicyclic) bond motifs is 1. The number of nitrogens with one attached hydrogen (secondary N) is 1. The summed E-state index contributed by atoms with van der Waals surface area (Å²) in [6.45, 7) is 0. The quantitative estimate of drug-likeness (QED) is 0.679. The second-order valence-electron chi connectivity index (χ2n) is 7.16. The maximum atomic E-state index is 12.7. The predicted octanol–water partition coefficient (Wildman–Crippen LogP) is 4.39. The lowest BCUT2D eigenvalue weighted by atomic mass is 9.79. The number of rotatable bonds is 1. The van der Waals surface area contributed by atoms with Crippen LogP contribution in [-0.2, 0) is 11.2 Å². The first-order chi connectivity index (χ1) is 12.0. The van der Waals surface area contributed by atoms with E-state index in [9.17, 15) is 13.9 Å². The first kappa shape index (κ1) is 16.0. The number of allylic oxidation sites excluding steroid dienone is 4. The smallest absolute Gasteiger partial charge is 0.161 e. The standard InChI is InChI=1S/C19H21NO3S2/c21-15-3-1-2-13-18(15)17(19-14(20-13)6-8-24-19)12-5-4-11-7-9-25(22,23)16(11)10-12/h4-5,10,17,20,22-23H,1-3,6-9H2. The van der Waals surface area contributed by atoms with Crippen LogP contribution in [0.4, 0.5) is 0 Å². The Morgan fingerprint density at radius 2 is 2.00 bits per heavy atom. The predicted molar refractivity (Wildman–Crippen MR) is 102 cm³/mol. The Morgan fingerprint density at radius 3 is 2.88 bits per heavy atom. The van der Waals surface area contributed by atoms with E-state index in [1.54, 1.807) is 0 Å². The molecule has 5 rings (SSSR count). The highest BCUT2D eigenvalue weighted by atomic mass is 32.3. The molecular weight excluding hydrogens is 354 g/mol. The number of hydrogen-bond donors (Lipinski definition) is 3. The molecule has 0 spiro atoms. The molecule has 0 saturated heterocycles. The zero-order valence-corrected chi connectivity index (χ0v) is 15.5. The third kappa shape index (κ3) is 2.42. The van der Waals surface area contributed by atoms with Crippen LogP contribution >= 0.6 is 22.4 Å². The van der Waals surface area contributed by atoms with Crippen LogP contribution in [0.15, 0.2) is 45.0 Å². The minimum Gasteiger partial charge on any atom is -0.361 e. The molecule has 3 heterocycles. The average molecular weight is 376 g/mol. The van der Waals surface area contributed by atoms with Crippen molar-refractivity contribution in [1.29, 1.82) is 0 Å². The van der Waals surface area contributed by atoms with Gasteiger partial charge in [0.1, 0.15) is 0 Å². The maximum Gasteiger partial charge on any atom is 0.161 e. The number of aryl methyl sites for hydroxylation is 1. The molecule has 0 amide bonds. The van der Waals surface area contributed by atoms with Crippen LogP contribution in [0.25, 0.3) is 0 Å². The average Bonchev–Trinajstić information content (AvgIpc) is 3.17. The van der Waals surface area contributed by atoms with Crippen molar-refractivity contribution < 1.29 is 13.9 Å². The Morgan fingerprint density at radius 1 is 1.12 bits per heavy atom. The summed E-state index contributed by atoms with van der Waals surface area (Å²) in [5, 5.41) is 3.54. The van der Waals surface area contributed by atoms with Gasteiger partial charge in [-0.1, -0.05) is 12.1 Å². The molecule has 0 aromatic heterocycles. The SMILES string of the molecule is O=C1CCCC2=C1C(c1ccc3c(c1)S(O)(O)CC3)C1=C(CCS1)N2. The molecule has 0 bridgehead atoms. The van der Waals surface area contributed by atoms with Crippen molar-refractivity contribution >= 4 is 28.1 Å². The Kier molecular flexibility index (Phi) is 3.61. The Balaban J connectivity index is 1.67. The number of dihydropyridines is 1. The highest BCUT2D eigenvalue weighted by molar-refractivity contribution is 8.24. The fraction of sp³-hybridized carbons (Fsp3) is 0.421. The molecule has 3 N–H and O–H groups in total. The molecular formula is C19H21NO3S2. The fourth-order valence-electron chi connectivity index (χ4n) is 4.44. The number of thioether (sulfide) groups is 1. The fourth-order valence-corrected chi connectivity index (χ4v) is 7.35. The van der Waals surface area contributed by atoms with Gasteiger partial charge in [-0.05, 0) is 42.9 Å². The van der Waals surface area contributed by atoms with Gasteiger partial charge in [-0.2, -0.15) is 10.6 Å². The molecule has 1 aromatic carbocycles. The van der Waals surface area contributed by atoms with Gasteiger partial charge in [0, 0.05) is 45.7 Å². The van der Waals surface area contributed by atoms with E-state index in [2.05, 4.69) is 11.4 Å². The van der Waals surface area contributed by atoms with E-state index < -0.39 is 10.6 Å². The molecule has 4 nitrogen and oxygen atoms in total. The first-order valence-corrected chi connectivity index (χ1v) is 11.5. The van der Waals surface area contributed by atoms with E-state index in [0.29, 0.717) is 17.1 Å². The van der Waals surface area contributed by atoms with Crippen LogP contribution in [0.2, 0.25) is 0 Å². The topological polar surface area (TPSA) is 69.6 Å². The Labute approximate surface area is 153 Å².